The summed E-state index contributed by atoms with van der Waals surface area (Å²) in [6.07, 6.45) is 0. The maximum absolute atomic E-state index is 12.2. The SMILES string of the molecule is CCOc1ccc(NC(=O)CNC(=O)NCC(C)(C)c2ccc3c(c2)OCCO3)cc1. The van der Waals surface area contributed by atoms with Crippen LogP contribution < -0.4 is 30.2 Å². The summed E-state index contributed by atoms with van der Waals surface area (Å²) in [7, 11) is 0. The molecule has 1 aliphatic heterocycles. The zero-order valence-corrected chi connectivity index (χ0v) is 18.1. The van der Waals surface area contributed by atoms with E-state index in [0.29, 0.717) is 37.8 Å². The minimum Gasteiger partial charge on any atom is -0.494 e. The average molecular weight is 428 g/mol. The van der Waals surface area contributed by atoms with Crippen LogP contribution in [0.5, 0.6) is 17.2 Å². The molecular formula is C23H29N3O5. The van der Waals surface area contributed by atoms with Crippen molar-refractivity contribution in [3.05, 3.63) is 48.0 Å². The standard InChI is InChI=1S/C23H29N3O5/c1-4-29-18-8-6-17(7-9-18)26-21(27)14-24-22(28)25-15-23(2,3)16-5-10-19-20(13-16)31-12-11-30-19/h5-10,13H,4,11-12,14-15H2,1-3H3,(H,26,27)(H2,24,25,28). The second-order valence-corrected chi connectivity index (χ2v) is 7.78. The van der Waals surface area contributed by atoms with E-state index in [1.54, 1.807) is 24.3 Å². The van der Waals surface area contributed by atoms with Crippen molar-refractivity contribution in [3.8, 4) is 17.2 Å². The van der Waals surface area contributed by atoms with Crippen molar-refractivity contribution < 1.29 is 23.8 Å². The van der Waals surface area contributed by atoms with Gasteiger partial charge in [-0.05, 0) is 48.9 Å². The predicted octanol–water partition coefficient (Wildman–Crippen LogP) is 3.07. The van der Waals surface area contributed by atoms with Crippen LogP contribution in [0.1, 0.15) is 26.3 Å². The second kappa shape index (κ2) is 10.1. The van der Waals surface area contributed by atoms with Crippen molar-refractivity contribution in [1.29, 1.82) is 0 Å². The molecule has 166 valence electrons. The van der Waals surface area contributed by atoms with Crippen LogP contribution in [-0.2, 0) is 10.2 Å². The highest BCUT2D eigenvalue weighted by molar-refractivity contribution is 5.94. The highest BCUT2D eigenvalue weighted by Gasteiger charge is 2.24. The highest BCUT2D eigenvalue weighted by atomic mass is 16.6. The number of carbonyl (C=O) groups excluding carboxylic acids is 2. The van der Waals surface area contributed by atoms with Gasteiger partial charge in [0.15, 0.2) is 11.5 Å². The van der Waals surface area contributed by atoms with E-state index in [4.69, 9.17) is 14.2 Å². The van der Waals surface area contributed by atoms with E-state index in [0.717, 1.165) is 17.1 Å². The molecule has 0 bridgehead atoms. The lowest BCUT2D eigenvalue weighted by Gasteiger charge is -2.27. The van der Waals surface area contributed by atoms with E-state index in [-0.39, 0.29) is 17.9 Å². The van der Waals surface area contributed by atoms with Gasteiger partial charge in [-0.1, -0.05) is 19.9 Å². The van der Waals surface area contributed by atoms with Crippen molar-refractivity contribution in [2.45, 2.75) is 26.2 Å². The second-order valence-electron chi connectivity index (χ2n) is 7.78. The number of carbonyl (C=O) groups is 2. The Morgan fingerprint density at radius 2 is 1.71 bits per heavy atom. The molecule has 3 N–H and O–H groups in total. The third-order valence-electron chi connectivity index (χ3n) is 4.87. The summed E-state index contributed by atoms with van der Waals surface area (Å²) < 4.78 is 16.6. The maximum atomic E-state index is 12.2. The summed E-state index contributed by atoms with van der Waals surface area (Å²) in [5, 5.41) is 8.13. The molecule has 2 aromatic rings. The van der Waals surface area contributed by atoms with E-state index in [1.165, 1.54) is 0 Å². The predicted molar refractivity (Wildman–Crippen MR) is 118 cm³/mol. The molecule has 1 heterocycles. The summed E-state index contributed by atoms with van der Waals surface area (Å²) in [6.45, 7) is 7.86. The summed E-state index contributed by atoms with van der Waals surface area (Å²) in [5.41, 5.74) is 1.32. The third-order valence-corrected chi connectivity index (χ3v) is 4.87. The summed E-state index contributed by atoms with van der Waals surface area (Å²) in [4.78, 5) is 24.2. The Hall–Kier alpha value is -3.42. The number of hydrogen-bond donors (Lipinski definition) is 3. The first-order valence-corrected chi connectivity index (χ1v) is 10.3. The zero-order chi connectivity index (χ0) is 22.3. The molecule has 0 saturated carbocycles. The lowest BCUT2D eigenvalue weighted by atomic mass is 9.84. The highest BCUT2D eigenvalue weighted by Crippen LogP contribution is 2.34. The molecule has 0 unspecified atom stereocenters. The van der Waals surface area contributed by atoms with Gasteiger partial charge in [0.05, 0.1) is 13.2 Å². The quantitative estimate of drug-likeness (QED) is 0.602. The van der Waals surface area contributed by atoms with Gasteiger partial charge in [-0.2, -0.15) is 0 Å². The molecule has 0 fully saturated rings. The molecule has 31 heavy (non-hydrogen) atoms. The number of benzene rings is 2. The first-order chi connectivity index (χ1) is 14.9. The van der Waals surface area contributed by atoms with Crippen molar-refractivity contribution in [1.82, 2.24) is 10.6 Å². The minimum atomic E-state index is -0.410. The van der Waals surface area contributed by atoms with Crippen LogP contribution >= 0.6 is 0 Å². The lowest BCUT2D eigenvalue weighted by molar-refractivity contribution is -0.115. The Kier molecular flexibility index (Phi) is 7.23. The van der Waals surface area contributed by atoms with Gasteiger partial charge in [0.25, 0.3) is 0 Å². The molecule has 0 radical (unpaired) electrons. The molecule has 8 nitrogen and oxygen atoms in total. The fourth-order valence-corrected chi connectivity index (χ4v) is 3.10. The van der Waals surface area contributed by atoms with Crippen molar-refractivity contribution in [2.24, 2.45) is 0 Å². The molecule has 1 aliphatic rings. The first-order valence-electron chi connectivity index (χ1n) is 10.3. The fraction of sp³-hybridized carbons (Fsp3) is 0.391. The number of anilines is 1. The first kappa shape index (κ1) is 22.3. The molecule has 0 saturated heterocycles. The molecule has 0 atom stereocenters. The molecule has 0 aromatic heterocycles. The zero-order valence-electron chi connectivity index (χ0n) is 18.1. The Labute approximate surface area is 182 Å². The number of amides is 3. The number of nitrogens with one attached hydrogen (secondary N) is 3. The van der Waals surface area contributed by atoms with E-state index in [1.807, 2.05) is 39.0 Å². The van der Waals surface area contributed by atoms with Gasteiger partial charge in [-0.15, -0.1) is 0 Å². The van der Waals surface area contributed by atoms with E-state index in [9.17, 15) is 9.59 Å². The van der Waals surface area contributed by atoms with Gasteiger partial charge >= 0.3 is 6.03 Å². The molecule has 3 amide bonds. The van der Waals surface area contributed by atoms with Crippen molar-refractivity contribution in [3.63, 3.8) is 0 Å². The Bertz CT molecular complexity index is 912. The van der Waals surface area contributed by atoms with Crippen LogP contribution in [0.15, 0.2) is 42.5 Å². The van der Waals surface area contributed by atoms with Crippen LogP contribution in [0, 0.1) is 0 Å². The minimum absolute atomic E-state index is 0.135. The van der Waals surface area contributed by atoms with E-state index < -0.39 is 6.03 Å². The van der Waals surface area contributed by atoms with E-state index in [2.05, 4.69) is 16.0 Å². The number of fused-ring (bicyclic) bond motifs is 1. The largest absolute Gasteiger partial charge is 0.494 e. The molecule has 2 aromatic carbocycles. The average Bonchev–Trinajstić information content (AvgIpc) is 2.77. The molecule has 0 aliphatic carbocycles. The van der Waals surface area contributed by atoms with Gasteiger partial charge < -0.3 is 30.2 Å². The number of rotatable bonds is 8. The third kappa shape index (κ3) is 6.28. The van der Waals surface area contributed by atoms with Gasteiger partial charge in [0, 0.05) is 17.6 Å². The van der Waals surface area contributed by atoms with Gasteiger partial charge in [0.1, 0.15) is 19.0 Å². The topological polar surface area (TPSA) is 97.9 Å². The molecule has 0 spiro atoms. The Morgan fingerprint density at radius 1 is 1.00 bits per heavy atom. The molecular weight excluding hydrogens is 398 g/mol. The molecule has 8 heteroatoms. The van der Waals surface area contributed by atoms with E-state index >= 15 is 0 Å². The summed E-state index contributed by atoms with van der Waals surface area (Å²) >= 11 is 0. The van der Waals surface area contributed by atoms with Crippen LogP contribution in [-0.4, -0.2) is 44.8 Å². The lowest BCUT2D eigenvalue weighted by Crippen LogP contribution is -2.44. The smallest absolute Gasteiger partial charge is 0.315 e. The van der Waals surface area contributed by atoms with Gasteiger partial charge in [-0.3, -0.25) is 4.79 Å². The van der Waals surface area contributed by atoms with Crippen LogP contribution in [0.4, 0.5) is 10.5 Å². The summed E-state index contributed by atoms with van der Waals surface area (Å²) in [6, 6.07) is 12.4. The van der Waals surface area contributed by atoms with Crippen LogP contribution in [0.3, 0.4) is 0 Å². The number of hydrogen-bond acceptors (Lipinski definition) is 5. The number of urea groups is 1. The summed E-state index contributed by atoms with van der Waals surface area (Å²) in [5.74, 6) is 1.87. The van der Waals surface area contributed by atoms with Gasteiger partial charge in [0.2, 0.25) is 5.91 Å². The molecule has 3 rings (SSSR count). The van der Waals surface area contributed by atoms with Crippen molar-refractivity contribution in [2.75, 3.05) is 38.2 Å². The maximum Gasteiger partial charge on any atom is 0.315 e. The van der Waals surface area contributed by atoms with Crippen LogP contribution in [0.25, 0.3) is 0 Å². The van der Waals surface area contributed by atoms with Crippen molar-refractivity contribution >= 4 is 17.6 Å². The Morgan fingerprint density at radius 3 is 2.42 bits per heavy atom. The monoisotopic (exact) mass is 427 g/mol. The van der Waals surface area contributed by atoms with Crippen LogP contribution in [0.2, 0.25) is 0 Å². The normalized spacial score (nSPS) is 12.6. The Balaban J connectivity index is 1.44. The number of ether oxygens (including phenoxy) is 3. The fourth-order valence-electron chi connectivity index (χ4n) is 3.10. The van der Waals surface area contributed by atoms with Gasteiger partial charge in [-0.25, -0.2) is 4.79 Å².